The summed E-state index contributed by atoms with van der Waals surface area (Å²) in [7, 11) is 0. The van der Waals surface area contributed by atoms with Crippen molar-refractivity contribution in [1.82, 2.24) is 5.32 Å². The number of furan rings is 1. The molecule has 102 valence electrons. The molecule has 1 unspecified atom stereocenters. The summed E-state index contributed by atoms with van der Waals surface area (Å²) in [6, 6.07) is 7.96. The van der Waals surface area contributed by atoms with Crippen LogP contribution in [0, 0.1) is 6.92 Å². The summed E-state index contributed by atoms with van der Waals surface area (Å²) < 4.78 is 5.60. The number of fused-ring (bicyclic) bond motifs is 1. The van der Waals surface area contributed by atoms with Gasteiger partial charge in [-0.1, -0.05) is 31.9 Å². The largest absolute Gasteiger partial charge is 0.451 e. The second-order valence-electron chi connectivity index (χ2n) is 5.02. The van der Waals surface area contributed by atoms with Gasteiger partial charge in [0, 0.05) is 11.4 Å². The van der Waals surface area contributed by atoms with E-state index in [-0.39, 0.29) is 11.9 Å². The van der Waals surface area contributed by atoms with Crippen molar-refractivity contribution in [2.45, 2.75) is 46.1 Å². The molecule has 0 aliphatic rings. The molecule has 0 aliphatic carbocycles. The molecule has 2 rings (SSSR count). The predicted octanol–water partition coefficient (Wildman–Crippen LogP) is 4.05. The number of carbonyl (C=O) groups excluding carboxylic acids is 1. The van der Waals surface area contributed by atoms with Crippen molar-refractivity contribution in [2.24, 2.45) is 0 Å². The summed E-state index contributed by atoms with van der Waals surface area (Å²) in [5, 5.41) is 4.01. The van der Waals surface area contributed by atoms with E-state index in [1.54, 1.807) is 0 Å². The molecule has 1 aromatic heterocycles. The van der Waals surface area contributed by atoms with Gasteiger partial charge in [0.25, 0.3) is 5.91 Å². The van der Waals surface area contributed by atoms with Crippen molar-refractivity contribution in [3.63, 3.8) is 0 Å². The van der Waals surface area contributed by atoms with Crippen LogP contribution in [0.1, 0.15) is 49.2 Å². The third-order valence-corrected chi connectivity index (χ3v) is 3.36. The molecule has 1 N–H and O–H groups in total. The number of hydrogen-bond acceptors (Lipinski definition) is 2. The van der Waals surface area contributed by atoms with Crippen molar-refractivity contribution in [2.75, 3.05) is 0 Å². The quantitative estimate of drug-likeness (QED) is 0.880. The van der Waals surface area contributed by atoms with E-state index in [1.165, 1.54) is 0 Å². The van der Waals surface area contributed by atoms with E-state index in [1.807, 2.05) is 31.2 Å². The van der Waals surface area contributed by atoms with Gasteiger partial charge in [-0.2, -0.15) is 0 Å². The lowest BCUT2D eigenvalue weighted by Crippen LogP contribution is -2.33. The van der Waals surface area contributed by atoms with Crippen LogP contribution < -0.4 is 5.32 Å². The van der Waals surface area contributed by atoms with Crippen molar-refractivity contribution in [1.29, 1.82) is 0 Å². The molecule has 0 radical (unpaired) electrons. The van der Waals surface area contributed by atoms with Crippen LogP contribution in [0.3, 0.4) is 0 Å². The van der Waals surface area contributed by atoms with E-state index in [2.05, 4.69) is 19.2 Å². The third-order valence-electron chi connectivity index (χ3n) is 3.36. The molecule has 0 spiro atoms. The Morgan fingerprint density at radius 1 is 1.32 bits per heavy atom. The molecule has 3 heteroatoms. The van der Waals surface area contributed by atoms with Gasteiger partial charge in [0.2, 0.25) is 0 Å². The average Bonchev–Trinajstić information content (AvgIpc) is 2.81. The number of hydrogen-bond donors (Lipinski definition) is 1. The second-order valence-corrected chi connectivity index (χ2v) is 5.02. The van der Waals surface area contributed by atoms with Crippen molar-refractivity contribution in [3.8, 4) is 0 Å². The van der Waals surface area contributed by atoms with E-state index in [4.69, 9.17) is 4.42 Å². The molecule has 0 saturated heterocycles. The van der Waals surface area contributed by atoms with Crippen LogP contribution in [0.25, 0.3) is 11.0 Å². The summed E-state index contributed by atoms with van der Waals surface area (Å²) in [4.78, 5) is 12.1. The maximum atomic E-state index is 12.1. The normalized spacial score (nSPS) is 12.6. The number of rotatable bonds is 5. The molecule has 0 fully saturated rings. The van der Waals surface area contributed by atoms with Crippen LogP contribution in [0.4, 0.5) is 0 Å². The Labute approximate surface area is 114 Å². The highest BCUT2D eigenvalue weighted by molar-refractivity contribution is 5.96. The van der Waals surface area contributed by atoms with Crippen molar-refractivity contribution >= 4 is 16.9 Å². The van der Waals surface area contributed by atoms with Crippen LogP contribution in [0.5, 0.6) is 0 Å². The third kappa shape index (κ3) is 3.16. The number of carbonyl (C=O) groups is 1. The first-order valence-corrected chi connectivity index (χ1v) is 6.95. The number of amides is 1. The molecule has 1 heterocycles. The summed E-state index contributed by atoms with van der Waals surface area (Å²) >= 11 is 0. The molecule has 0 saturated carbocycles. The Bertz CT molecular complexity index is 571. The van der Waals surface area contributed by atoms with Crippen molar-refractivity contribution in [3.05, 3.63) is 35.6 Å². The first-order valence-electron chi connectivity index (χ1n) is 6.95. The maximum Gasteiger partial charge on any atom is 0.287 e. The summed E-state index contributed by atoms with van der Waals surface area (Å²) in [5.74, 6) is 0.282. The first kappa shape index (κ1) is 13.7. The second kappa shape index (κ2) is 5.91. The fraction of sp³-hybridized carbons (Fsp3) is 0.438. The Balaban J connectivity index is 2.17. The molecular weight excluding hydrogens is 238 g/mol. The van der Waals surface area contributed by atoms with E-state index >= 15 is 0 Å². The van der Waals surface area contributed by atoms with E-state index in [9.17, 15) is 4.79 Å². The maximum absolute atomic E-state index is 12.1. The summed E-state index contributed by atoms with van der Waals surface area (Å²) in [6.07, 6.45) is 3.01. The Hall–Kier alpha value is -1.77. The zero-order valence-electron chi connectivity index (χ0n) is 11.8. The van der Waals surface area contributed by atoms with Gasteiger partial charge in [-0.3, -0.25) is 4.79 Å². The zero-order valence-corrected chi connectivity index (χ0v) is 11.8. The Morgan fingerprint density at radius 2 is 2.11 bits per heavy atom. The van der Waals surface area contributed by atoms with E-state index < -0.39 is 0 Å². The zero-order chi connectivity index (χ0) is 13.8. The lowest BCUT2D eigenvalue weighted by molar-refractivity contribution is 0.0908. The fourth-order valence-electron chi connectivity index (χ4n) is 2.26. The number of nitrogens with one attached hydrogen (secondary N) is 1. The van der Waals surface area contributed by atoms with Gasteiger partial charge in [-0.15, -0.1) is 0 Å². The Kier molecular flexibility index (Phi) is 4.25. The molecule has 1 atom stereocenters. The van der Waals surface area contributed by atoms with Gasteiger partial charge in [-0.25, -0.2) is 0 Å². The highest BCUT2D eigenvalue weighted by Crippen LogP contribution is 2.20. The van der Waals surface area contributed by atoms with Gasteiger partial charge in [0.1, 0.15) is 5.58 Å². The molecule has 0 bridgehead atoms. The molecular formula is C16H21NO2. The van der Waals surface area contributed by atoms with E-state index in [0.29, 0.717) is 5.76 Å². The first-order chi connectivity index (χ1) is 9.13. The molecule has 19 heavy (non-hydrogen) atoms. The van der Waals surface area contributed by atoms with Gasteiger partial charge in [0.15, 0.2) is 5.76 Å². The summed E-state index contributed by atoms with van der Waals surface area (Å²) in [5.41, 5.74) is 1.93. The fourth-order valence-corrected chi connectivity index (χ4v) is 2.26. The van der Waals surface area contributed by atoms with Gasteiger partial charge in [0.05, 0.1) is 0 Å². The summed E-state index contributed by atoms with van der Waals surface area (Å²) in [6.45, 7) is 6.24. The van der Waals surface area contributed by atoms with Crippen LogP contribution in [-0.2, 0) is 0 Å². The van der Waals surface area contributed by atoms with Crippen LogP contribution in [0.2, 0.25) is 0 Å². The smallest absolute Gasteiger partial charge is 0.287 e. The number of benzene rings is 1. The standard InChI is InChI=1S/C16H21NO2/c1-4-6-13(5-2)17-16(18)15-10-12-9-11(3)7-8-14(12)19-15/h7-10,13H,4-6H2,1-3H3,(H,17,18). The lowest BCUT2D eigenvalue weighted by Gasteiger charge is -2.14. The topological polar surface area (TPSA) is 42.2 Å². The minimum absolute atomic E-state index is 0.117. The molecule has 1 aromatic carbocycles. The van der Waals surface area contributed by atoms with Gasteiger partial charge in [-0.05, 0) is 38.0 Å². The highest BCUT2D eigenvalue weighted by atomic mass is 16.3. The van der Waals surface area contributed by atoms with Gasteiger partial charge < -0.3 is 9.73 Å². The van der Waals surface area contributed by atoms with Crippen LogP contribution in [-0.4, -0.2) is 11.9 Å². The minimum atomic E-state index is -0.117. The average molecular weight is 259 g/mol. The van der Waals surface area contributed by atoms with Crippen molar-refractivity contribution < 1.29 is 9.21 Å². The van der Waals surface area contributed by atoms with E-state index in [0.717, 1.165) is 35.8 Å². The molecule has 2 aromatic rings. The minimum Gasteiger partial charge on any atom is -0.451 e. The monoisotopic (exact) mass is 259 g/mol. The van der Waals surface area contributed by atoms with Crippen LogP contribution >= 0.6 is 0 Å². The van der Waals surface area contributed by atoms with Crippen LogP contribution in [0.15, 0.2) is 28.7 Å². The SMILES string of the molecule is CCCC(CC)NC(=O)c1cc2cc(C)ccc2o1. The molecule has 0 aliphatic heterocycles. The predicted molar refractivity (Wildman–Crippen MR) is 77.4 cm³/mol. The van der Waals surface area contributed by atoms with Gasteiger partial charge >= 0.3 is 0 Å². The Morgan fingerprint density at radius 3 is 2.79 bits per heavy atom. The number of aryl methyl sites for hydroxylation is 1. The molecule has 1 amide bonds. The highest BCUT2D eigenvalue weighted by Gasteiger charge is 2.15. The lowest BCUT2D eigenvalue weighted by atomic mass is 10.1. The molecule has 3 nitrogen and oxygen atoms in total.